The molecule has 0 fully saturated rings. The third-order valence-corrected chi connectivity index (χ3v) is 5.11. The van der Waals surface area contributed by atoms with E-state index in [0.717, 1.165) is 30.4 Å². The molecule has 2 heterocycles. The van der Waals surface area contributed by atoms with E-state index in [4.69, 9.17) is 11.6 Å². The molecule has 0 bridgehead atoms. The van der Waals surface area contributed by atoms with Crippen LogP contribution in [0.4, 0.5) is 0 Å². The van der Waals surface area contributed by atoms with Crippen molar-refractivity contribution < 1.29 is 0 Å². The van der Waals surface area contributed by atoms with Crippen LogP contribution in [-0.2, 0) is 13.1 Å². The first-order chi connectivity index (χ1) is 9.74. The van der Waals surface area contributed by atoms with Crippen molar-refractivity contribution in [2.24, 2.45) is 0 Å². The van der Waals surface area contributed by atoms with Crippen molar-refractivity contribution in [2.45, 2.75) is 25.6 Å². The van der Waals surface area contributed by atoms with Gasteiger partial charge in [0, 0.05) is 24.0 Å². The minimum atomic E-state index is 0.474. The minimum Gasteiger partial charge on any atom is -0.313 e. The number of benzene rings is 1. The smallest absolute Gasteiger partial charge is 0.0931 e. The summed E-state index contributed by atoms with van der Waals surface area (Å²) in [6.45, 7) is 3.00. The summed E-state index contributed by atoms with van der Waals surface area (Å²) in [6, 6.07) is 13.4. The summed E-state index contributed by atoms with van der Waals surface area (Å²) < 4.78 is 0.872. The number of halogens is 1. The van der Waals surface area contributed by atoms with Crippen LogP contribution in [0.2, 0.25) is 4.34 Å². The number of thiophene rings is 1. The third-order valence-electron chi connectivity index (χ3n) is 3.89. The van der Waals surface area contributed by atoms with Crippen molar-refractivity contribution in [1.82, 2.24) is 10.2 Å². The van der Waals surface area contributed by atoms with Gasteiger partial charge in [0.2, 0.25) is 0 Å². The maximum atomic E-state index is 6.03. The van der Waals surface area contributed by atoms with Crippen LogP contribution in [0.3, 0.4) is 0 Å². The molecular formula is C16H19ClN2S. The predicted octanol–water partition coefficient (Wildman–Crippen LogP) is 4.07. The average molecular weight is 307 g/mol. The average Bonchev–Trinajstić information content (AvgIpc) is 2.74. The van der Waals surface area contributed by atoms with Crippen LogP contribution in [0.15, 0.2) is 36.4 Å². The zero-order valence-corrected chi connectivity index (χ0v) is 13.2. The first-order valence-corrected chi connectivity index (χ1v) is 8.16. The second-order valence-corrected chi connectivity index (χ2v) is 7.10. The molecule has 106 valence electrons. The molecule has 20 heavy (non-hydrogen) atoms. The van der Waals surface area contributed by atoms with Crippen LogP contribution in [0.5, 0.6) is 0 Å². The van der Waals surface area contributed by atoms with E-state index in [2.05, 4.69) is 47.6 Å². The summed E-state index contributed by atoms with van der Waals surface area (Å²) in [4.78, 5) is 3.76. The Kier molecular flexibility index (Phi) is 4.41. The van der Waals surface area contributed by atoms with Gasteiger partial charge in [-0.15, -0.1) is 11.3 Å². The van der Waals surface area contributed by atoms with Crippen LogP contribution < -0.4 is 5.32 Å². The van der Waals surface area contributed by atoms with E-state index in [1.54, 1.807) is 11.3 Å². The van der Waals surface area contributed by atoms with E-state index in [0.29, 0.717) is 6.04 Å². The van der Waals surface area contributed by atoms with Crippen molar-refractivity contribution in [1.29, 1.82) is 0 Å². The van der Waals surface area contributed by atoms with Crippen LogP contribution in [0.25, 0.3) is 0 Å². The molecule has 0 aliphatic carbocycles. The molecule has 1 atom stereocenters. The molecule has 1 aliphatic rings. The normalized spacial score (nSPS) is 18.9. The molecule has 4 heteroatoms. The van der Waals surface area contributed by atoms with Crippen molar-refractivity contribution in [3.8, 4) is 0 Å². The van der Waals surface area contributed by atoms with Crippen molar-refractivity contribution in [3.63, 3.8) is 0 Å². The Morgan fingerprint density at radius 2 is 2.15 bits per heavy atom. The fourth-order valence-electron chi connectivity index (χ4n) is 2.89. The molecule has 2 nitrogen and oxygen atoms in total. The van der Waals surface area contributed by atoms with E-state index in [1.807, 2.05) is 6.07 Å². The van der Waals surface area contributed by atoms with Crippen LogP contribution in [0, 0.1) is 0 Å². The maximum Gasteiger partial charge on any atom is 0.0931 e. The number of nitrogens with zero attached hydrogens (tertiary/aromatic N) is 1. The lowest BCUT2D eigenvalue weighted by molar-refractivity contribution is 0.228. The van der Waals surface area contributed by atoms with Crippen molar-refractivity contribution >= 4 is 22.9 Å². The Balaban J connectivity index is 1.81. The van der Waals surface area contributed by atoms with E-state index in [1.165, 1.54) is 16.0 Å². The monoisotopic (exact) mass is 306 g/mol. The molecule has 1 aromatic carbocycles. The molecule has 0 amide bonds. The highest BCUT2D eigenvalue weighted by Gasteiger charge is 2.22. The Labute approximate surface area is 129 Å². The number of nitrogens with one attached hydrogen (secondary N) is 1. The maximum absolute atomic E-state index is 6.03. The van der Waals surface area contributed by atoms with Crippen LogP contribution >= 0.6 is 22.9 Å². The Hall–Kier alpha value is -0.870. The highest BCUT2D eigenvalue weighted by atomic mass is 35.5. The van der Waals surface area contributed by atoms with Gasteiger partial charge in [0.15, 0.2) is 0 Å². The van der Waals surface area contributed by atoms with E-state index < -0.39 is 0 Å². The zero-order valence-electron chi connectivity index (χ0n) is 11.6. The largest absolute Gasteiger partial charge is 0.313 e. The fourth-order valence-corrected chi connectivity index (χ4v) is 4.04. The van der Waals surface area contributed by atoms with Crippen LogP contribution in [0.1, 0.15) is 28.5 Å². The molecular weight excluding hydrogens is 288 g/mol. The van der Waals surface area contributed by atoms with Gasteiger partial charge >= 0.3 is 0 Å². The Morgan fingerprint density at radius 3 is 2.95 bits per heavy atom. The lowest BCUT2D eigenvalue weighted by atomic mass is 9.98. The van der Waals surface area contributed by atoms with Gasteiger partial charge in [-0.05, 0) is 43.3 Å². The molecule has 0 spiro atoms. The van der Waals surface area contributed by atoms with E-state index in [9.17, 15) is 0 Å². The zero-order chi connectivity index (χ0) is 13.9. The molecule has 1 unspecified atom stereocenters. The lowest BCUT2D eigenvalue weighted by Crippen LogP contribution is -2.25. The standard InChI is InChI=1S/C16H19ClN2S/c1-19(11-13-6-7-16(17)20-13)15-8-9-18-10-12-4-2-3-5-14(12)15/h2-7,15,18H,8-11H2,1H3. The highest BCUT2D eigenvalue weighted by molar-refractivity contribution is 7.16. The second kappa shape index (κ2) is 6.27. The van der Waals surface area contributed by atoms with E-state index >= 15 is 0 Å². The van der Waals surface area contributed by atoms with Gasteiger partial charge in [-0.1, -0.05) is 35.9 Å². The van der Waals surface area contributed by atoms with Gasteiger partial charge in [0.25, 0.3) is 0 Å². The summed E-state index contributed by atoms with van der Waals surface area (Å²) in [6.07, 6.45) is 1.15. The van der Waals surface area contributed by atoms with Gasteiger partial charge < -0.3 is 5.32 Å². The third kappa shape index (κ3) is 3.07. The molecule has 3 rings (SSSR count). The van der Waals surface area contributed by atoms with Gasteiger partial charge in [-0.2, -0.15) is 0 Å². The summed E-state index contributed by atoms with van der Waals surface area (Å²) in [5.74, 6) is 0. The van der Waals surface area contributed by atoms with Gasteiger partial charge in [-0.25, -0.2) is 0 Å². The molecule has 1 aliphatic heterocycles. The van der Waals surface area contributed by atoms with Gasteiger partial charge in [0.05, 0.1) is 4.34 Å². The number of rotatable bonds is 3. The fraction of sp³-hybridized carbons (Fsp3) is 0.375. The minimum absolute atomic E-state index is 0.474. The Bertz CT molecular complexity index is 581. The Morgan fingerprint density at radius 1 is 1.30 bits per heavy atom. The SMILES string of the molecule is CN(Cc1ccc(Cl)s1)C1CCNCc2ccccc21. The summed E-state index contributed by atoms with van der Waals surface area (Å²) in [5, 5.41) is 3.51. The quantitative estimate of drug-likeness (QED) is 0.919. The molecule has 0 radical (unpaired) electrons. The lowest BCUT2D eigenvalue weighted by Gasteiger charge is -2.28. The molecule has 0 saturated carbocycles. The van der Waals surface area contributed by atoms with Gasteiger partial charge in [0.1, 0.15) is 0 Å². The van der Waals surface area contributed by atoms with E-state index in [-0.39, 0.29) is 0 Å². The topological polar surface area (TPSA) is 15.3 Å². The molecule has 1 N–H and O–H groups in total. The van der Waals surface area contributed by atoms with Crippen molar-refractivity contribution in [3.05, 3.63) is 56.7 Å². The van der Waals surface area contributed by atoms with Gasteiger partial charge in [-0.3, -0.25) is 4.90 Å². The van der Waals surface area contributed by atoms with Crippen molar-refractivity contribution in [2.75, 3.05) is 13.6 Å². The first-order valence-electron chi connectivity index (χ1n) is 6.97. The molecule has 2 aromatic rings. The summed E-state index contributed by atoms with van der Waals surface area (Å²) in [7, 11) is 2.21. The number of hydrogen-bond acceptors (Lipinski definition) is 3. The van der Waals surface area contributed by atoms with Crippen LogP contribution in [-0.4, -0.2) is 18.5 Å². The predicted molar refractivity (Wildman–Crippen MR) is 86.3 cm³/mol. The number of fused-ring (bicyclic) bond motifs is 1. The summed E-state index contributed by atoms with van der Waals surface area (Å²) >= 11 is 7.70. The molecule has 0 saturated heterocycles. The summed E-state index contributed by atoms with van der Waals surface area (Å²) in [5.41, 5.74) is 2.88. The highest BCUT2D eigenvalue weighted by Crippen LogP contribution is 2.31. The number of hydrogen-bond donors (Lipinski definition) is 1. The molecule has 1 aromatic heterocycles. The second-order valence-electron chi connectivity index (χ2n) is 5.30. The first kappa shape index (κ1) is 14.1.